The molecule has 12 aromatic rings. The topological polar surface area (TPSA) is 51.8 Å². The summed E-state index contributed by atoms with van der Waals surface area (Å²) in [6, 6.07) is 66.0. The second-order valence-electron chi connectivity index (χ2n) is 14.7. The lowest BCUT2D eigenvalue weighted by Crippen LogP contribution is -1.96. The first-order valence-electron chi connectivity index (χ1n) is 19.4. The number of para-hydroxylation sites is 1. The summed E-state index contributed by atoms with van der Waals surface area (Å²) in [5.41, 5.74) is 11.7. The minimum Gasteiger partial charge on any atom is -0.456 e. The van der Waals surface area contributed by atoms with E-state index < -0.39 is 0 Å². The van der Waals surface area contributed by atoms with Crippen LogP contribution in [-0.2, 0) is 0 Å². The number of thiophene rings is 1. The fourth-order valence-corrected chi connectivity index (χ4v) is 9.60. The number of benzene rings is 8. The molecule has 12 rings (SSSR count). The fourth-order valence-electron chi connectivity index (χ4n) is 8.48. The Labute approximate surface area is 337 Å². The first-order chi connectivity index (χ1) is 28.7. The Balaban J connectivity index is 0.992. The fraction of sp³-hybridized carbons (Fsp3) is 0. The summed E-state index contributed by atoms with van der Waals surface area (Å²) in [6.45, 7) is 0. The molecule has 0 unspecified atom stereocenters. The monoisotopic (exact) mass is 757 g/mol. The van der Waals surface area contributed by atoms with E-state index in [0.29, 0.717) is 5.82 Å². The maximum atomic E-state index is 6.25. The molecule has 0 radical (unpaired) electrons. The molecular weight excluding hydrogens is 727 g/mol. The van der Waals surface area contributed by atoms with Gasteiger partial charge < -0.3 is 4.42 Å². The molecule has 0 N–H and O–H groups in total. The second-order valence-corrected chi connectivity index (χ2v) is 15.8. The minimum atomic E-state index is 0.652. The number of nitrogens with zero attached hydrogens (tertiary/aromatic N) is 3. The van der Waals surface area contributed by atoms with Crippen molar-refractivity contribution in [3.8, 4) is 56.3 Å². The Morgan fingerprint density at radius 1 is 0.345 bits per heavy atom. The Kier molecular flexibility index (Phi) is 7.37. The van der Waals surface area contributed by atoms with Crippen LogP contribution in [0.3, 0.4) is 0 Å². The van der Waals surface area contributed by atoms with Crippen molar-refractivity contribution in [1.82, 2.24) is 15.0 Å². The van der Waals surface area contributed by atoms with Crippen molar-refractivity contribution in [2.24, 2.45) is 0 Å². The molecule has 4 nitrogen and oxygen atoms in total. The predicted molar refractivity (Wildman–Crippen MR) is 242 cm³/mol. The molecule has 0 aliphatic heterocycles. The molecule has 0 fully saturated rings. The molecule has 4 heterocycles. The van der Waals surface area contributed by atoms with Gasteiger partial charge in [-0.1, -0.05) is 140 Å². The second kappa shape index (κ2) is 13.1. The van der Waals surface area contributed by atoms with E-state index in [-0.39, 0.29) is 0 Å². The van der Waals surface area contributed by atoms with Crippen LogP contribution in [0.4, 0.5) is 0 Å². The van der Waals surface area contributed by atoms with E-state index >= 15 is 0 Å². The van der Waals surface area contributed by atoms with E-state index in [1.807, 2.05) is 47.7 Å². The Hall–Kier alpha value is -7.47. The Morgan fingerprint density at radius 3 is 1.78 bits per heavy atom. The highest BCUT2D eigenvalue weighted by Crippen LogP contribution is 2.44. The van der Waals surface area contributed by atoms with E-state index in [0.717, 1.165) is 88.7 Å². The molecule has 270 valence electrons. The predicted octanol–water partition coefficient (Wildman–Crippen LogP) is 14.8. The average molecular weight is 758 g/mol. The molecule has 0 saturated heterocycles. The van der Waals surface area contributed by atoms with Crippen molar-refractivity contribution in [2.45, 2.75) is 0 Å². The summed E-state index contributed by atoms with van der Waals surface area (Å²) in [5.74, 6) is 0.652. The lowest BCUT2D eigenvalue weighted by Gasteiger charge is -2.13. The van der Waals surface area contributed by atoms with Crippen molar-refractivity contribution >= 4 is 75.1 Å². The maximum absolute atomic E-state index is 6.25. The lowest BCUT2D eigenvalue weighted by molar-refractivity contribution is 0.669. The van der Waals surface area contributed by atoms with Gasteiger partial charge >= 0.3 is 0 Å². The third-order valence-electron chi connectivity index (χ3n) is 11.3. The van der Waals surface area contributed by atoms with Gasteiger partial charge in [0.15, 0.2) is 5.82 Å². The molecule has 0 aliphatic carbocycles. The highest BCUT2D eigenvalue weighted by Gasteiger charge is 2.18. The van der Waals surface area contributed by atoms with Crippen LogP contribution >= 0.6 is 11.3 Å². The quantitative estimate of drug-likeness (QED) is 0.164. The molecule has 0 aliphatic rings. The molecule has 0 saturated carbocycles. The van der Waals surface area contributed by atoms with Crippen LogP contribution in [-0.4, -0.2) is 15.0 Å². The lowest BCUT2D eigenvalue weighted by atomic mass is 9.94. The maximum Gasteiger partial charge on any atom is 0.160 e. The minimum absolute atomic E-state index is 0.652. The van der Waals surface area contributed by atoms with E-state index in [2.05, 4.69) is 152 Å². The van der Waals surface area contributed by atoms with Crippen molar-refractivity contribution in [3.63, 3.8) is 0 Å². The molecule has 0 atom stereocenters. The third-order valence-corrected chi connectivity index (χ3v) is 12.4. The summed E-state index contributed by atoms with van der Waals surface area (Å²) in [5, 5.41) is 8.33. The largest absolute Gasteiger partial charge is 0.456 e. The SMILES string of the molecule is c1ccc(-c2cc(-c3ccc(-c4ccc5nc(-c6ccccc6)c6ccc7sc8ccccc8c7c6c5c4)cc3)nc(-c3ccc4c(c3)oc3ccccc34)n2)cc1. The molecule has 0 amide bonds. The molecule has 0 spiro atoms. The average Bonchev–Trinajstić information content (AvgIpc) is 3.87. The normalized spacial score (nSPS) is 11.8. The summed E-state index contributed by atoms with van der Waals surface area (Å²) >= 11 is 1.85. The van der Waals surface area contributed by atoms with Gasteiger partial charge in [-0.3, -0.25) is 0 Å². The van der Waals surface area contributed by atoms with Gasteiger partial charge in [0.2, 0.25) is 0 Å². The van der Waals surface area contributed by atoms with Crippen molar-refractivity contribution in [2.75, 3.05) is 0 Å². The van der Waals surface area contributed by atoms with Gasteiger partial charge in [-0.2, -0.15) is 0 Å². The molecule has 4 aromatic heterocycles. The molecule has 58 heavy (non-hydrogen) atoms. The van der Waals surface area contributed by atoms with Crippen molar-refractivity contribution in [1.29, 1.82) is 0 Å². The van der Waals surface area contributed by atoms with E-state index in [4.69, 9.17) is 19.4 Å². The van der Waals surface area contributed by atoms with Crippen LogP contribution < -0.4 is 0 Å². The smallest absolute Gasteiger partial charge is 0.160 e. The zero-order chi connectivity index (χ0) is 38.2. The summed E-state index contributed by atoms with van der Waals surface area (Å²) < 4.78 is 8.83. The molecule has 5 heteroatoms. The molecular formula is C53H31N3OS. The molecule has 0 bridgehead atoms. The van der Waals surface area contributed by atoms with Gasteiger partial charge in [-0.15, -0.1) is 11.3 Å². The first kappa shape index (κ1) is 32.7. The van der Waals surface area contributed by atoms with Crippen LogP contribution in [0.5, 0.6) is 0 Å². The van der Waals surface area contributed by atoms with Crippen molar-refractivity contribution in [3.05, 3.63) is 188 Å². The van der Waals surface area contributed by atoms with Crippen LogP contribution in [0.1, 0.15) is 0 Å². The van der Waals surface area contributed by atoms with Crippen LogP contribution in [0, 0.1) is 0 Å². The Morgan fingerprint density at radius 2 is 0.966 bits per heavy atom. The Bertz CT molecular complexity index is 3550. The summed E-state index contributed by atoms with van der Waals surface area (Å²) in [6.07, 6.45) is 0. The van der Waals surface area contributed by atoms with Crippen molar-refractivity contribution < 1.29 is 4.42 Å². The van der Waals surface area contributed by atoms with Gasteiger partial charge in [0, 0.05) is 69.4 Å². The van der Waals surface area contributed by atoms with Gasteiger partial charge in [0.05, 0.1) is 22.6 Å². The van der Waals surface area contributed by atoms with E-state index in [1.165, 1.54) is 25.6 Å². The number of fused-ring (bicyclic) bond motifs is 10. The number of furan rings is 1. The third kappa shape index (κ3) is 5.32. The highest BCUT2D eigenvalue weighted by molar-refractivity contribution is 7.26. The van der Waals surface area contributed by atoms with E-state index in [9.17, 15) is 0 Å². The standard InChI is InChI=1S/C53H31N3OS/c1-3-11-33(12-4-1)44-31-45(56-53(55-44)37-23-25-39-38-15-7-9-17-46(38)57-47(39)30-37)34-21-19-32(20-22-34)36-24-27-43-42(29-36)50-41(52(54-43)35-13-5-2-6-14-35)26-28-49-51(50)40-16-8-10-18-48(40)58-49/h1-31H. The van der Waals surface area contributed by atoms with Crippen LogP contribution in [0.2, 0.25) is 0 Å². The molecule has 8 aromatic carbocycles. The first-order valence-corrected chi connectivity index (χ1v) is 20.2. The van der Waals surface area contributed by atoms with Crippen LogP contribution in [0.25, 0.3) is 120 Å². The van der Waals surface area contributed by atoms with E-state index in [1.54, 1.807) is 0 Å². The number of aromatic nitrogens is 3. The number of rotatable bonds is 5. The van der Waals surface area contributed by atoms with Gasteiger partial charge in [0.25, 0.3) is 0 Å². The van der Waals surface area contributed by atoms with Gasteiger partial charge in [0.1, 0.15) is 11.2 Å². The summed E-state index contributed by atoms with van der Waals surface area (Å²) in [4.78, 5) is 15.6. The highest BCUT2D eigenvalue weighted by atomic mass is 32.1. The summed E-state index contributed by atoms with van der Waals surface area (Å²) in [7, 11) is 0. The van der Waals surface area contributed by atoms with Gasteiger partial charge in [-0.05, 0) is 59.7 Å². The zero-order valence-corrected chi connectivity index (χ0v) is 31.9. The van der Waals surface area contributed by atoms with Crippen LogP contribution in [0.15, 0.2) is 192 Å². The zero-order valence-electron chi connectivity index (χ0n) is 31.1. The number of hydrogen-bond acceptors (Lipinski definition) is 5. The number of hydrogen-bond donors (Lipinski definition) is 0. The number of pyridine rings is 1. The van der Waals surface area contributed by atoms with Gasteiger partial charge in [-0.25, -0.2) is 15.0 Å².